The summed E-state index contributed by atoms with van der Waals surface area (Å²) in [6, 6.07) is 6.41. The van der Waals surface area contributed by atoms with Gasteiger partial charge in [0.2, 0.25) is 5.91 Å². The number of morpholine rings is 1. The first-order valence-corrected chi connectivity index (χ1v) is 8.30. The summed E-state index contributed by atoms with van der Waals surface area (Å²) in [5.41, 5.74) is 1.45. The van der Waals surface area contributed by atoms with Crippen LogP contribution in [-0.2, 0) is 14.3 Å². The first-order chi connectivity index (χ1) is 11.8. The number of benzene rings is 1. The highest BCUT2D eigenvalue weighted by Crippen LogP contribution is 2.13. The number of aliphatic carboxylic acids is 1. The number of nitrogens with zero attached hydrogens (tertiary/aromatic N) is 1. The number of hydrogen-bond acceptors (Lipinski definition) is 4. The molecule has 1 aliphatic heterocycles. The van der Waals surface area contributed by atoms with Gasteiger partial charge in [0.15, 0.2) is 6.10 Å². The number of amides is 2. The number of carboxylic acid groups (broad SMARTS) is 1. The lowest BCUT2D eigenvalue weighted by Gasteiger charge is -2.34. The molecule has 2 amide bonds. The molecule has 25 heavy (non-hydrogen) atoms. The van der Waals surface area contributed by atoms with E-state index in [1.54, 1.807) is 18.2 Å². The molecule has 1 aliphatic rings. The van der Waals surface area contributed by atoms with Gasteiger partial charge in [0.1, 0.15) is 6.04 Å². The van der Waals surface area contributed by atoms with Crippen LogP contribution < -0.4 is 5.32 Å². The summed E-state index contributed by atoms with van der Waals surface area (Å²) >= 11 is 0. The average molecular weight is 348 g/mol. The Morgan fingerprint density at radius 3 is 2.64 bits per heavy atom. The van der Waals surface area contributed by atoms with Gasteiger partial charge >= 0.3 is 5.97 Å². The van der Waals surface area contributed by atoms with Gasteiger partial charge in [-0.2, -0.15) is 0 Å². The monoisotopic (exact) mass is 348 g/mol. The van der Waals surface area contributed by atoms with Crippen LogP contribution in [0.2, 0.25) is 0 Å². The molecular formula is C18H24N2O5. The highest BCUT2D eigenvalue weighted by molar-refractivity contribution is 5.97. The first kappa shape index (κ1) is 18.9. The maximum absolute atomic E-state index is 12.8. The van der Waals surface area contributed by atoms with Crippen LogP contribution in [0.15, 0.2) is 24.3 Å². The molecule has 0 aromatic heterocycles. The molecule has 0 aliphatic carbocycles. The summed E-state index contributed by atoms with van der Waals surface area (Å²) in [5.74, 6) is -1.83. The first-order valence-electron chi connectivity index (χ1n) is 8.30. The van der Waals surface area contributed by atoms with Crippen LogP contribution in [-0.4, -0.2) is 59.6 Å². The smallest absolute Gasteiger partial charge is 0.334 e. The van der Waals surface area contributed by atoms with Gasteiger partial charge in [-0.25, -0.2) is 4.79 Å². The van der Waals surface area contributed by atoms with Crippen molar-refractivity contribution in [2.75, 3.05) is 19.7 Å². The average Bonchev–Trinajstić information content (AvgIpc) is 2.58. The Morgan fingerprint density at radius 1 is 1.32 bits per heavy atom. The Bertz CT molecular complexity index is 659. The summed E-state index contributed by atoms with van der Waals surface area (Å²) in [4.78, 5) is 37.8. The van der Waals surface area contributed by atoms with Crippen LogP contribution in [0.25, 0.3) is 0 Å². The van der Waals surface area contributed by atoms with Crippen molar-refractivity contribution in [3.05, 3.63) is 35.4 Å². The lowest BCUT2D eigenvalue weighted by molar-refractivity contribution is -0.160. The molecule has 0 radical (unpaired) electrons. The van der Waals surface area contributed by atoms with Crippen molar-refractivity contribution in [3.8, 4) is 0 Å². The lowest BCUT2D eigenvalue weighted by atomic mass is 10.0. The minimum Gasteiger partial charge on any atom is -0.479 e. The quantitative estimate of drug-likeness (QED) is 0.829. The Morgan fingerprint density at radius 2 is 2.04 bits per heavy atom. The van der Waals surface area contributed by atoms with E-state index < -0.39 is 18.1 Å². The summed E-state index contributed by atoms with van der Waals surface area (Å²) in [5, 5.41) is 11.9. The van der Waals surface area contributed by atoms with Gasteiger partial charge in [0.25, 0.3) is 5.91 Å². The van der Waals surface area contributed by atoms with Gasteiger partial charge in [-0.3, -0.25) is 9.59 Å². The van der Waals surface area contributed by atoms with Crippen LogP contribution in [0.4, 0.5) is 0 Å². The third-order valence-electron chi connectivity index (χ3n) is 4.15. The largest absolute Gasteiger partial charge is 0.479 e. The molecule has 1 heterocycles. The number of carboxylic acids is 1. The van der Waals surface area contributed by atoms with Gasteiger partial charge in [-0.15, -0.1) is 0 Å². The number of carbonyl (C=O) groups excluding carboxylic acids is 2. The van der Waals surface area contributed by atoms with Crippen molar-refractivity contribution in [1.82, 2.24) is 10.2 Å². The topological polar surface area (TPSA) is 95.9 Å². The zero-order chi connectivity index (χ0) is 18.6. The van der Waals surface area contributed by atoms with E-state index in [-0.39, 0.29) is 30.9 Å². The van der Waals surface area contributed by atoms with E-state index in [1.165, 1.54) is 4.90 Å². The highest BCUT2D eigenvalue weighted by Gasteiger charge is 2.34. The molecule has 0 spiro atoms. The van der Waals surface area contributed by atoms with Crippen LogP contribution in [0.1, 0.15) is 29.8 Å². The third-order valence-corrected chi connectivity index (χ3v) is 4.15. The maximum atomic E-state index is 12.8. The van der Waals surface area contributed by atoms with E-state index >= 15 is 0 Å². The molecule has 2 atom stereocenters. The molecule has 0 saturated carbocycles. The Hall–Kier alpha value is -2.41. The number of aryl methyl sites for hydroxylation is 1. The fourth-order valence-electron chi connectivity index (χ4n) is 2.72. The fourth-order valence-corrected chi connectivity index (χ4v) is 2.72. The van der Waals surface area contributed by atoms with E-state index in [1.807, 2.05) is 26.8 Å². The number of rotatable bonds is 5. The highest BCUT2D eigenvalue weighted by atomic mass is 16.5. The number of ether oxygens (including phenoxy) is 1. The number of hydrogen-bond donors (Lipinski definition) is 2. The van der Waals surface area contributed by atoms with Crippen molar-refractivity contribution in [1.29, 1.82) is 0 Å². The molecule has 1 fully saturated rings. The summed E-state index contributed by atoms with van der Waals surface area (Å²) in [6.45, 7) is 6.03. The van der Waals surface area contributed by atoms with Crippen LogP contribution >= 0.6 is 0 Å². The second-order valence-corrected chi connectivity index (χ2v) is 6.55. The van der Waals surface area contributed by atoms with Crippen molar-refractivity contribution in [2.24, 2.45) is 5.92 Å². The summed E-state index contributed by atoms with van der Waals surface area (Å²) in [7, 11) is 0. The molecule has 7 heteroatoms. The van der Waals surface area contributed by atoms with E-state index in [4.69, 9.17) is 9.84 Å². The molecule has 2 N–H and O–H groups in total. The van der Waals surface area contributed by atoms with Gasteiger partial charge in [0, 0.05) is 12.1 Å². The van der Waals surface area contributed by atoms with E-state index in [2.05, 4.69) is 5.32 Å². The molecule has 0 bridgehead atoms. The SMILES string of the molecule is Cc1cccc(C(=O)N[C@@H](C(=O)N2CCO[C@@H](C(=O)O)C2)C(C)C)c1. The second-order valence-electron chi connectivity index (χ2n) is 6.55. The van der Waals surface area contributed by atoms with Gasteiger partial charge < -0.3 is 20.1 Å². The molecule has 0 unspecified atom stereocenters. The van der Waals surface area contributed by atoms with Crippen LogP contribution in [0.3, 0.4) is 0 Å². The zero-order valence-corrected chi connectivity index (χ0v) is 14.7. The van der Waals surface area contributed by atoms with Gasteiger partial charge in [-0.05, 0) is 25.0 Å². The second kappa shape index (κ2) is 8.11. The minimum absolute atomic E-state index is 0.0162. The molecule has 7 nitrogen and oxygen atoms in total. The predicted molar refractivity (Wildman–Crippen MR) is 91.2 cm³/mol. The maximum Gasteiger partial charge on any atom is 0.334 e. The van der Waals surface area contributed by atoms with Crippen molar-refractivity contribution in [3.63, 3.8) is 0 Å². The lowest BCUT2D eigenvalue weighted by Crippen LogP contribution is -2.56. The van der Waals surface area contributed by atoms with Gasteiger partial charge in [-0.1, -0.05) is 31.5 Å². The molecule has 1 aromatic carbocycles. The van der Waals surface area contributed by atoms with Crippen molar-refractivity contribution < 1.29 is 24.2 Å². The third kappa shape index (κ3) is 4.79. The molecule has 136 valence electrons. The van der Waals surface area contributed by atoms with Crippen molar-refractivity contribution >= 4 is 17.8 Å². The zero-order valence-electron chi connectivity index (χ0n) is 14.7. The minimum atomic E-state index is -1.10. The fraction of sp³-hybridized carbons (Fsp3) is 0.500. The molecule has 1 aromatic rings. The summed E-state index contributed by atoms with van der Waals surface area (Å²) < 4.78 is 5.14. The number of nitrogens with one attached hydrogen (secondary N) is 1. The van der Waals surface area contributed by atoms with E-state index in [9.17, 15) is 14.4 Å². The molecule has 2 rings (SSSR count). The Balaban J connectivity index is 2.10. The number of carbonyl (C=O) groups is 3. The summed E-state index contributed by atoms with van der Waals surface area (Å²) in [6.07, 6.45) is -1.03. The normalized spacial score (nSPS) is 18.7. The van der Waals surface area contributed by atoms with E-state index in [0.717, 1.165) is 5.56 Å². The Kier molecular flexibility index (Phi) is 6.14. The molecule has 1 saturated heterocycles. The van der Waals surface area contributed by atoms with E-state index in [0.29, 0.717) is 12.1 Å². The molecular weight excluding hydrogens is 324 g/mol. The van der Waals surface area contributed by atoms with Crippen LogP contribution in [0.5, 0.6) is 0 Å². The van der Waals surface area contributed by atoms with Gasteiger partial charge in [0.05, 0.1) is 13.2 Å². The van der Waals surface area contributed by atoms with Crippen LogP contribution in [0, 0.1) is 12.8 Å². The Labute approximate surface area is 147 Å². The van der Waals surface area contributed by atoms with Crippen molar-refractivity contribution in [2.45, 2.75) is 32.9 Å². The standard InChI is InChI=1S/C18H24N2O5/c1-11(2)15(19-16(21)13-6-4-5-12(3)9-13)17(22)20-7-8-25-14(10-20)18(23)24/h4-6,9,11,14-15H,7-8,10H2,1-3H3,(H,19,21)(H,23,24)/t14-,15-/m1/s1. The predicted octanol–water partition coefficient (Wildman–Crippen LogP) is 1.06.